The maximum atomic E-state index is 5.35. The van der Waals surface area contributed by atoms with Crippen LogP contribution in [0.2, 0.25) is 0 Å². The average molecular weight is 289 g/mol. The summed E-state index contributed by atoms with van der Waals surface area (Å²) in [6.45, 7) is 9.41. The van der Waals surface area contributed by atoms with Crippen molar-refractivity contribution in [1.29, 1.82) is 0 Å². The first-order valence-electron chi connectivity index (χ1n) is 8.22. The van der Waals surface area contributed by atoms with Crippen LogP contribution in [0.15, 0.2) is 18.2 Å². The van der Waals surface area contributed by atoms with Crippen molar-refractivity contribution in [3.05, 3.63) is 29.3 Å². The summed E-state index contributed by atoms with van der Waals surface area (Å²) in [4.78, 5) is 0. The van der Waals surface area contributed by atoms with Gasteiger partial charge in [-0.15, -0.1) is 0 Å². The van der Waals surface area contributed by atoms with Gasteiger partial charge in [-0.2, -0.15) is 0 Å². The van der Waals surface area contributed by atoms with Crippen molar-refractivity contribution in [1.82, 2.24) is 5.32 Å². The quantitative estimate of drug-likeness (QED) is 0.892. The van der Waals surface area contributed by atoms with Crippen LogP contribution in [-0.2, 0) is 5.41 Å². The molecule has 1 fully saturated rings. The van der Waals surface area contributed by atoms with Crippen molar-refractivity contribution in [2.75, 3.05) is 14.2 Å². The van der Waals surface area contributed by atoms with Gasteiger partial charge in [0.1, 0.15) is 5.75 Å². The van der Waals surface area contributed by atoms with Crippen molar-refractivity contribution < 1.29 is 4.74 Å². The molecule has 0 spiro atoms. The summed E-state index contributed by atoms with van der Waals surface area (Å²) in [6, 6.07) is 7.14. The number of aryl methyl sites for hydroxylation is 1. The molecule has 1 N–H and O–H groups in total. The summed E-state index contributed by atoms with van der Waals surface area (Å²) >= 11 is 0. The van der Waals surface area contributed by atoms with Crippen LogP contribution in [0.25, 0.3) is 0 Å². The maximum Gasteiger partial charge on any atom is 0.119 e. The number of hydrogen-bond donors (Lipinski definition) is 1. The van der Waals surface area contributed by atoms with E-state index in [9.17, 15) is 0 Å². The van der Waals surface area contributed by atoms with E-state index in [1.165, 1.54) is 30.4 Å². The van der Waals surface area contributed by atoms with E-state index < -0.39 is 0 Å². The summed E-state index contributed by atoms with van der Waals surface area (Å²) < 4.78 is 5.35. The Hall–Kier alpha value is -1.02. The van der Waals surface area contributed by atoms with Crippen LogP contribution in [0, 0.1) is 18.8 Å². The number of benzene rings is 1. The Morgan fingerprint density at radius 2 is 1.95 bits per heavy atom. The molecule has 0 bridgehead atoms. The summed E-state index contributed by atoms with van der Waals surface area (Å²) in [5, 5.41) is 3.58. The molecule has 21 heavy (non-hydrogen) atoms. The van der Waals surface area contributed by atoms with Gasteiger partial charge in [0, 0.05) is 6.04 Å². The minimum absolute atomic E-state index is 0.185. The molecule has 3 unspecified atom stereocenters. The van der Waals surface area contributed by atoms with Crippen molar-refractivity contribution in [3.63, 3.8) is 0 Å². The van der Waals surface area contributed by atoms with Crippen molar-refractivity contribution in [3.8, 4) is 5.75 Å². The second-order valence-corrected chi connectivity index (χ2v) is 7.32. The van der Waals surface area contributed by atoms with Gasteiger partial charge in [0.05, 0.1) is 7.11 Å². The number of hydrogen-bond acceptors (Lipinski definition) is 2. The van der Waals surface area contributed by atoms with Crippen molar-refractivity contribution in [2.45, 2.75) is 58.4 Å². The van der Waals surface area contributed by atoms with Gasteiger partial charge in [-0.05, 0) is 67.3 Å². The predicted molar refractivity (Wildman–Crippen MR) is 90.1 cm³/mol. The Morgan fingerprint density at radius 1 is 1.24 bits per heavy atom. The average Bonchev–Trinajstić information content (AvgIpc) is 2.46. The molecule has 2 rings (SSSR count). The molecule has 1 aliphatic carbocycles. The zero-order valence-corrected chi connectivity index (χ0v) is 14.5. The number of nitrogens with one attached hydrogen (secondary N) is 1. The van der Waals surface area contributed by atoms with Crippen LogP contribution in [0.3, 0.4) is 0 Å². The summed E-state index contributed by atoms with van der Waals surface area (Å²) in [7, 11) is 3.85. The van der Waals surface area contributed by atoms with Gasteiger partial charge in [0.2, 0.25) is 0 Å². The van der Waals surface area contributed by atoms with Gasteiger partial charge in [-0.3, -0.25) is 0 Å². The lowest BCUT2D eigenvalue weighted by Crippen LogP contribution is -2.47. The highest BCUT2D eigenvalue weighted by Gasteiger charge is 2.39. The van der Waals surface area contributed by atoms with E-state index >= 15 is 0 Å². The van der Waals surface area contributed by atoms with Crippen LogP contribution in [0.1, 0.15) is 51.2 Å². The fourth-order valence-corrected chi connectivity index (χ4v) is 4.25. The standard InChI is InChI=1S/C19H31NO/c1-13-7-9-17(18(11-13)20-5)19(3,4)16-10-8-15(21-6)12-14(16)2/h8,10,12-13,17-18,20H,7,9,11H2,1-6H3. The largest absolute Gasteiger partial charge is 0.497 e. The topological polar surface area (TPSA) is 21.3 Å². The molecular weight excluding hydrogens is 258 g/mol. The molecule has 0 aromatic heterocycles. The zero-order chi connectivity index (χ0) is 15.6. The number of methoxy groups -OCH3 is 1. The fourth-order valence-electron chi connectivity index (χ4n) is 4.25. The number of rotatable bonds is 4. The van der Waals surface area contributed by atoms with Crippen LogP contribution in [0.5, 0.6) is 5.75 Å². The minimum Gasteiger partial charge on any atom is -0.497 e. The zero-order valence-electron chi connectivity index (χ0n) is 14.5. The molecule has 0 radical (unpaired) electrons. The Morgan fingerprint density at radius 3 is 2.52 bits per heavy atom. The third kappa shape index (κ3) is 3.26. The Labute approximate surface area is 130 Å². The molecule has 3 atom stereocenters. The normalized spacial score (nSPS) is 26.7. The Bertz CT molecular complexity index is 480. The predicted octanol–water partition coefficient (Wildman–Crippen LogP) is 4.31. The Balaban J connectivity index is 2.31. The van der Waals surface area contributed by atoms with E-state index in [-0.39, 0.29) is 5.41 Å². The highest BCUT2D eigenvalue weighted by molar-refractivity contribution is 5.39. The van der Waals surface area contributed by atoms with E-state index in [1.54, 1.807) is 7.11 Å². The second-order valence-electron chi connectivity index (χ2n) is 7.32. The lowest BCUT2D eigenvalue weighted by atomic mass is 9.63. The smallest absolute Gasteiger partial charge is 0.119 e. The lowest BCUT2D eigenvalue weighted by molar-refractivity contribution is 0.151. The molecule has 0 aliphatic heterocycles. The first-order chi connectivity index (χ1) is 9.90. The summed E-state index contributed by atoms with van der Waals surface area (Å²) in [6.07, 6.45) is 3.95. The van der Waals surface area contributed by atoms with Crippen molar-refractivity contribution in [2.24, 2.45) is 11.8 Å². The molecule has 2 nitrogen and oxygen atoms in total. The highest BCUT2D eigenvalue weighted by Crippen LogP contribution is 2.43. The molecule has 118 valence electrons. The minimum atomic E-state index is 0.185. The molecule has 1 aromatic rings. The van der Waals surface area contributed by atoms with E-state index in [0.29, 0.717) is 12.0 Å². The highest BCUT2D eigenvalue weighted by atomic mass is 16.5. The SMILES string of the molecule is CNC1CC(C)CCC1C(C)(C)c1ccc(OC)cc1C. The fraction of sp³-hybridized carbons (Fsp3) is 0.684. The lowest BCUT2D eigenvalue weighted by Gasteiger charge is -2.45. The van der Waals surface area contributed by atoms with Gasteiger partial charge in [0.15, 0.2) is 0 Å². The second kappa shape index (κ2) is 6.39. The molecule has 0 amide bonds. The first-order valence-corrected chi connectivity index (χ1v) is 8.22. The van der Waals surface area contributed by atoms with E-state index in [0.717, 1.165) is 11.7 Å². The molecule has 1 aliphatic rings. The molecule has 1 aromatic carbocycles. The number of ether oxygens (including phenoxy) is 1. The summed E-state index contributed by atoms with van der Waals surface area (Å²) in [5.41, 5.74) is 2.99. The van der Waals surface area contributed by atoms with E-state index in [2.05, 4.69) is 58.3 Å². The van der Waals surface area contributed by atoms with E-state index in [4.69, 9.17) is 4.74 Å². The third-order valence-corrected chi connectivity index (χ3v) is 5.54. The maximum absolute atomic E-state index is 5.35. The third-order valence-electron chi connectivity index (χ3n) is 5.54. The van der Waals surface area contributed by atoms with Gasteiger partial charge in [-0.1, -0.05) is 33.3 Å². The molecule has 1 saturated carbocycles. The van der Waals surface area contributed by atoms with Crippen LogP contribution >= 0.6 is 0 Å². The van der Waals surface area contributed by atoms with Gasteiger partial charge >= 0.3 is 0 Å². The molecular formula is C19H31NO. The Kier molecular flexibility index (Phi) is 4.98. The van der Waals surface area contributed by atoms with Gasteiger partial charge in [-0.25, -0.2) is 0 Å². The van der Waals surface area contributed by atoms with Gasteiger partial charge in [0.25, 0.3) is 0 Å². The first kappa shape index (κ1) is 16.4. The monoisotopic (exact) mass is 289 g/mol. The van der Waals surface area contributed by atoms with Crippen molar-refractivity contribution >= 4 is 0 Å². The van der Waals surface area contributed by atoms with Crippen LogP contribution in [-0.4, -0.2) is 20.2 Å². The summed E-state index contributed by atoms with van der Waals surface area (Å²) in [5.74, 6) is 2.48. The molecule has 0 saturated heterocycles. The molecule has 2 heteroatoms. The van der Waals surface area contributed by atoms with Gasteiger partial charge < -0.3 is 10.1 Å². The molecule has 0 heterocycles. The van der Waals surface area contributed by atoms with Crippen LogP contribution in [0.4, 0.5) is 0 Å². The van der Waals surface area contributed by atoms with Crippen LogP contribution < -0.4 is 10.1 Å². The van der Waals surface area contributed by atoms with E-state index in [1.807, 2.05) is 0 Å².